The lowest BCUT2D eigenvalue weighted by molar-refractivity contribution is 0.895. The summed E-state index contributed by atoms with van der Waals surface area (Å²) >= 11 is 0. The first-order chi connectivity index (χ1) is 8.36. The zero-order valence-electron chi connectivity index (χ0n) is 9.27. The quantitative estimate of drug-likeness (QED) is 0.633. The molecule has 0 saturated carbocycles. The fourth-order valence-electron chi connectivity index (χ4n) is 1.88. The molecule has 17 heavy (non-hydrogen) atoms. The molecule has 0 fully saturated rings. The van der Waals surface area contributed by atoms with E-state index in [-0.39, 0.29) is 0 Å². The third-order valence-electron chi connectivity index (χ3n) is 2.74. The van der Waals surface area contributed by atoms with Gasteiger partial charge in [0.25, 0.3) is 0 Å². The fourth-order valence-corrected chi connectivity index (χ4v) is 1.88. The predicted octanol–water partition coefficient (Wildman–Crippen LogP) is 1.45. The number of imidazole rings is 2. The number of rotatable bonds is 3. The highest BCUT2D eigenvalue weighted by atomic mass is 14.9. The lowest BCUT2D eigenvalue weighted by atomic mass is 10.1. The normalized spacial score (nSPS) is 11.1. The molecule has 1 aromatic carbocycles. The van der Waals surface area contributed by atoms with Crippen LogP contribution in [-0.4, -0.2) is 26.5 Å². The number of fused-ring (bicyclic) bond motifs is 1. The van der Waals surface area contributed by atoms with Crippen LogP contribution in [0.5, 0.6) is 0 Å². The Bertz CT molecular complexity index is 637. The van der Waals surface area contributed by atoms with Gasteiger partial charge in [-0.05, 0) is 18.7 Å². The van der Waals surface area contributed by atoms with Gasteiger partial charge in [-0.2, -0.15) is 0 Å². The van der Waals surface area contributed by atoms with Crippen molar-refractivity contribution in [2.45, 2.75) is 6.42 Å². The van der Waals surface area contributed by atoms with Crippen molar-refractivity contribution in [3.05, 3.63) is 36.5 Å². The van der Waals surface area contributed by atoms with Gasteiger partial charge in [-0.25, -0.2) is 9.97 Å². The van der Waals surface area contributed by atoms with Crippen LogP contribution in [0.1, 0.15) is 5.82 Å². The van der Waals surface area contributed by atoms with E-state index in [9.17, 15) is 0 Å². The van der Waals surface area contributed by atoms with E-state index in [4.69, 9.17) is 5.73 Å². The molecule has 0 saturated heterocycles. The number of aromatic nitrogens is 4. The Morgan fingerprint density at radius 2 is 2.18 bits per heavy atom. The molecule has 3 aromatic rings. The average Bonchev–Trinajstić information content (AvgIpc) is 2.96. The Balaban J connectivity index is 2.00. The van der Waals surface area contributed by atoms with Crippen LogP contribution in [0.15, 0.2) is 30.7 Å². The molecule has 2 heterocycles. The van der Waals surface area contributed by atoms with Crippen molar-refractivity contribution in [2.24, 2.45) is 5.73 Å². The molecule has 0 aliphatic rings. The minimum Gasteiger partial charge on any atom is -0.345 e. The lowest BCUT2D eigenvalue weighted by Gasteiger charge is -1.97. The summed E-state index contributed by atoms with van der Waals surface area (Å²) in [6.45, 7) is 0.604. The highest BCUT2D eigenvalue weighted by molar-refractivity contribution is 5.80. The first kappa shape index (κ1) is 10.0. The molecular weight excluding hydrogens is 214 g/mol. The highest BCUT2D eigenvalue weighted by Crippen LogP contribution is 2.21. The summed E-state index contributed by atoms with van der Waals surface area (Å²) in [6, 6.07) is 6.08. The van der Waals surface area contributed by atoms with Gasteiger partial charge < -0.3 is 15.7 Å². The second kappa shape index (κ2) is 4.03. The molecule has 0 radical (unpaired) electrons. The zero-order chi connectivity index (χ0) is 11.7. The topological polar surface area (TPSA) is 83.4 Å². The predicted molar refractivity (Wildman–Crippen MR) is 66.4 cm³/mol. The van der Waals surface area contributed by atoms with Crippen molar-refractivity contribution >= 4 is 11.0 Å². The molecule has 0 bridgehead atoms. The largest absolute Gasteiger partial charge is 0.345 e. The first-order valence-electron chi connectivity index (χ1n) is 5.54. The molecule has 86 valence electrons. The maximum absolute atomic E-state index is 5.50. The Morgan fingerprint density at radius 1 is 1.24 bits per heavy atom. The van der Waals surface area contributed by atoms with Gasteiger partial charge in [0.05, 0.1) is 29.3 Å². The van der Waals surface area contributed by atoms with Crippen LogP contribution in [0.25, 0.3) is 22.3 Å². The molecule has 3 rings (SSSR count). The van der Waals surface area contributed by atoms with E-state index in [1.165, 1.54) is 0 Å². The first-order valence-corrected chi connectivity index (χ1v) is 5.54. The van der Waals surface area contributed by atoms with Gasteiger partial charge in [-0.15, -0.1) is 0 Å². The monoisotopic (exact) mass is 227 g/mol. The average molecular weight is 227 g/mol. The molecule has 5 heteroatoms. The molecule has 0 spiro atoms. The number of benzene rings is 1. The smallest absolute Gasteiger partial charge is 0.107 e. The van der Waals surface area contributed by atoms with Crippen molar-refractivity contribution in [3.63, 3.8) is 0 Å². The highest BCUT2D eigenvalue weighted by Gasteiger charge is 2.04. The summed E-state index contributed by atoms with van der Waals surface area (Å²) < 4.78 is 0. The fraction of sp³-hybridized carbons (Fsp3) is 0.167. The maximum atomic E-state index is 5.50. The Hall–Kier alpha value is -2.14. The van der Waals surface area contributed by atoms with Crippen LogP contribution < -0.4 is 5.73 Å². The minimum absolute atomic E-state index is 0.604. The molecule has 0 atom stereocenters. The second-order valence-electron chi connectivity index (χ2n) is 3.92. The van der Waals surface area contributed by atoms with Crippen molar-refractivity contribution in [1.82, 2.24) is 19.9 Å². The molecule has 2 aromatic heterocycles. The van der Waals surface area contributed by atoms with Crippen LogP contribution in [0.4, 0.5) is 0 Å². The lowest BCUT2D eigenvalue weighted by Crippen LogP contribution is -2.03. The van der Waals surface area contributed by atoms with Crippen LogP contribution in [0.3, 0.4) is 0 Å². The van der Waals surface area contributed by atoms with Gasteiger partial charge in [0.15, 0.2) is 0 Å². The van der Waals surface area contributed by atoms with Crippen LogP contribution >= 0.6 is 0 Å². The van der Waals surface area contributed by atoms with Crippen LogP contribution in [0, 0.1) is 0 Å². The Labute approximate surface area is 98.1 Å². The summed E-state index contributed by atoms with van der Waals surface area (Å²) in [7, 11) is 0. The molecule has 0 aliphatic heterocycles. The summed E-state index contributed by atoms with van der Waals surface area (Å²) in [5.41, 5.74) is 9.59. The summed E-state index contributed by atoms with van der Waals surface area (Å²) in [4.78, 5) is 14.8. The van der Waals surface area contributed by atoms with E-state index in [2.05, 4.69) is 26.0 Å². The third-order valence-corrected chi connectivity index (χ3v) is 2.74. The van der Waals surface area contributed by atoms with E-state index >= 15 is 0 Å². The maximum Gasteiger partial charge on any atom is 0.107 e. The molecule has 4 N–H and O–H groups in total. The summed E-state index contributed by atoms with van der Waals surface area (Å²) in [5.74, 6) is 0.923. The van der Waals surface area contributed by atoms with Crippen LogP contribution in [0.2, 0.25) is 0 Å². The molecule has 0 unspecified atom stereocenters. The van der Waals surface area contributed by atoms with E-state index in [1.807, 2.05) is 18.3 Å². The van der Waals surface area contributed by atoms with E-state index in [0.717, 1.165) is 34.5 Å². The van der Waals surface area contributed by atoms with Crippen molar-refractivity contribution < 1.29 is 0 Å². The van der Waals surface area contributed by atoms with E-state index < -0.39 is 0 Å². The number of hydrogen-bond donors (Lipinski definition) is 3. The molecule has 0 amide bonds. The van der Waals surface area contributed by atoms with Gasteiger partial charge in [0.2, 0.25) is 0 Å². The Kier molecular flexibility index (Phi) is 2.38. The standard InChI is InChI=1S/C12H13N5/c13-4-3-12-14-6-11(17-12)8-1-2-9-10(5-8)16-7-15-9/h1-2,5-7H,3-4,13H2,(H,14,17)(H,15,16). The van der Waals surface area contributed by atoms with Crippen molar-refractivity contribution in [2.75, 3.05) is 6.54 Å². The van der Waals surface area contributed by atoms with Crippen molar-refractivity contribution in [1.29, 1.82) is 0 Å². The number of aromatic amines is 2. The van der Waals surface area contributed by atoms with Gasteiger partial charge in [0, 0.05) is 12.0 Å². The molecule has 5 nitrogen and oxygen atoms in total. The molecule has 0 aliphatic carbocycles. The second-order valence-corrected chi connectivity index (χ2v) is 3.92. The summed E-state index contributed by atoms with van der Waals surface area (Å²) in [5, 5.41) is 0. The molecular formula is C12H13N5. The number of hydrogen-bond acceptors (Lipinski definition) is 3. The third kappa shape index (κ3) is 1.81. The van der Waals surface area contributed by atoms with Gasteiger partial charge in [-0.3, -0.25) is 0 Å². The van der Waals surface area contributed by atoms with Crippen LogP contribution in [-0.2, 0) is 6.42 Å². The van der Waals surface area contributed by atoms with Gasteiger partial charge >= 0.3 is 0 Å². The summed E-state index contributed by atoms with van der Waals surface area (Å²) in [6.07, 6.45) is 4.30. The number of nitrogens with two attached hydrogens (primary N) is 1. The van der Waals surface area contributed by atoms with Gasteiger partial charge in [0.1, 0.15) is 5.82 Å². The van der Waals surface area contributed by atoms with E-state index in [0.29, 0.717) is 6.54 Å². The minimum atomic E-state index is 0.604. The SMILES string of the molecule is NCCc1ncc(-c2ccc3nc[nH]c3c2)[nH]1. The van der Waals surface area contributed by atoms with Crippen molar-refractivity contribution in [3.8, 4) is 11.3 Å². The van der Waals surface area contributed by atoms with E-state index in [1.54, 1.807) is 6.33 Å². The zero-order valence-corrected chi connectivity index (χ0v) is 9.27. The number of nitrogens with zero attached hydrogens (tertiary/aromatic N) is 2. The number of nitrogens with one attached hydrogen (secondary N) is 2. The van der Waals surface area contributed by atoms with Gasteiger partial charge in [-0.1, -0.05) is 6.07 Å². The number of H-pyrrole nitrogens is 2. The Morgan fingerprint density at radius 3 is 3.06 bits per heavy atom.